The fraction of sp³-hybridized carbons (Fsp3) is 0.348. The lowest BCUT2D eigenvalue weighted by Crippen LogP contribution is -2.11. The zero-order valence-electron chi connectivity index (χ0n) is 14.8. The van der Waals surface area contributed by atoms with Gasteiger partial charge >= 0.3 is 0 Å². The maximum atomic E-state index is 13.8. The van der Waals surface area contributed by atoms with Crippen LogP contribution in [-0.2, 0) is 0 Å². The van der Waals surface area contributed by atoms with Gasteiger partial charge in [0, 0.05) is 0 Å². The van der Waals surface area contributed by atoms with Gasteiger partial charge in [-0.2, -0.15) is 5.26 Å². The second kappa shape index (κ2) is 8.76. The lowest BCUT2D eigenvalue weighted by atomic mass is 9.78. The molecule has 1 fully saturated rings. The minimum absolute atomic E-state index is 0.0719. The molecule has 0 spiro atoms. The molecule has 1 saturated carbocycles. The van der Waals surface area contributed by atoms with E-state index in [-0.39, 0.29) is 12.2 Å². The summed E-state index contributed by atoms with van der Waals surface area (Å²) in [7, 11) is 0. The molecule has 2 aromatic rings. The Morgan fingerprint density at radius 2 is 1.69 bits per heavy atom. The number of benzene rings is 2. The molecule has 0 radical (unpaired) electrons. The summed E-state index contributed by atoms with van der Waals surface area (Å²) in [5.74, 6) is 0.666. The third-order valence-electron chi connectivity index (χ3n) is 5.26. The Bertz CT molecular complexity index is 794. The van der Waals surface area contributed by atoms with Crippen LogP contribution < -0.4 is 0 Å². The molecular formula is C23H23F2N. The predicted molar refractivity (Wildman–Crippen MR) is 101 cm³/mol. The van der Waals surface area contributed by atoms with Gasteiger partial charge in [-0.25, -0.2) is 4.39 Å². The summed E-state index contributed by atoms with van der Waals surface area (Å²) in [4.78, 5) is 0. The fourth-order valence-corrected chi connectivity index (χ4v) is 3.73. The number of nitrogens with zero attached hydrogens (tertiary/aromatic N) is 1. The van der Waals surface area contributed by atoms with Crippen molar-refractivity contribution in [1.29, 1.82) is 5.26 Å². The molecular weight excluding hydrogens is 328 g/mol. The first kappa shape index (κ1) is 18.3. The number of halogens is 2. The van der Waals surface area contributed by atoms with Crippen molar-refractivity contribution in [3.63, 3.8) is 0 Å². The zero-order valence-corrected chi connectivity index (χ0v) is 14.8. The van der Waals surface area contributed by atoms with Gasteiger partial charge < -0.3 is 0 Å². The molecule has 0 saturated heterocycles. The van der Waals surface area contributed by atoms with Gasteiger partial charge in [-0.05, 0) is 72.8 Å². The van der Waals surface area contributed by atoms with Crippen LogP contribution in [0, 0.1) is 23.1 Å². The van der Waals surface area contributed by atoms with Crippen molar-refractivity contribution in [2.45, 2.75) is 38.0 Å². The lowest BCUT2D eigenvalue weighted by molar-refractivity contribution is 0.375. The number of alkyl halides is 1. The molecule has 0 aromatic heterocycles. The highest BCUT2D eigenvalue weighted by atomic mass is 19.1. The summed E-state index contributed by atoms with van der Waals surface area (Å²) in [5.41, 5.74) is 3.14. The molecule has 0 bridgehead atoms. The van der Waals surface area contributed by atoms with Gasteiger partial charge in [-0.3, -0.25) is 4.39 Å². The summed E-state index contributed by atoms with van der Waals surface area (Å²) >= 11 is 0. The van der Waals surface area contributed by atoms with Crippen LogP contribution >= 0.6 is 0 Å². The van der Waals surface area contributed by atoms with Crippen LogP contribution in [0.2, 0.25) is 0 Å². The largest absolute Gasteiger partial charge is 0.251 e. The second-order valence-corrected chi connectivity index (χ2v) is 6.95. The van der Waals surface area contributed by atoms with Crippen molar-refractivity contribution in [3.05, 3.63) is 71.6 Å². The van der Waals surface area contributed by atoms with Crippen LogP contribution in [-0.4, -0.2) is 6.67 Å². The van der Waals surface area contributed by atoms with Crippen molar-refractivity contribution in [3.8, 4) is 17.2 Å². The van der Waals surface area contributed by atoms with E-state index in [1.807, 2.05) is 24.3 Å². The minimum Gasteiger partial charge on any atom is -0.251 e. The highest BCUT2D eigenvalue weighted by Gasteiger charge is 2.20. The molecule has 26 heavy (non-hydrogen) atoms. The van der Waals surface area contributed by atoms with Gasteiger partial charge in [0.2, 0.25) is 0 Å². The predicted octanol–water partition coefficient (Wildman–Crippen LogP) is 6.55. The van der Waals surface area contributed by atoms with Crippen LogP contribution in [0.25, 0.3) is 11.1 Å². The third-order valence-corrected chi connectivity index (χ3v) is 5.26. The third kappa shape index (κ3) is 4.38. The summed E-state index contributed by atoms with van der Waals surface area (Å²) in [6.07, 6.45) is 9.27. The monoisotopic (exact) mass is 351 g/mol. The van der Waals surface area contributed by atoms with Crippen LogP contribution in [0.1, 0.15) is 49.1 Å². The summed E-state index contributed by atoms with van der Waals surface area (Å²) in [6, 6.07) is 14.9. The van der Waals surface area contributed by atoms with E-state index in [0.717, 1.165) is 36.8 Å². The molecule has 0 atom stereocenters. The van der Waals surface area contributed by atoms with Gasteiger partial charge in [-0.15, -0.1) is 0 Å². The molecule has 0 amide bonds. The maximum absolute atomic E-state index is 13.8. The Hall–Kier alpha value is -2.47. The van der Waals surface area contributed by atoms with E-state index in [9.17, 15) is 8.78 Å². The Kier molecular flexibility index (Phi) is 6.17. The minimum atomic E-state index is -0.479. The zero-order chi connectivity index (χ0) is 18.4. The molecule has 3 heteroatoms. The smallest absolute Gasteiger partial charge is 0.141 e. The summed E-state index contributed by atoms with van der Waals surface area (Å²) in [5, 5.41) is 8.83. The van der Waals surface area contributed by atoms with E-state index in [2.05, 4.69) is 18.2 Å². The highest BCUT2D eigenvalue weighted by molar-refractivity contribution is 5.64. The standard InChI is InChI=1S/C23H23F2N/c24-14-2-1-3-17-4-6-18(7-5-17)19-8-10-20(11-9-19)21-12-13-22(16-26)23(25)15-21/h1,3,8-13,15,17-18H,2,4-7,14H2. The van der Waals surface area contributed by atoms with E-state index >= 15 is 0 Å². The molecule has 2 aromatic carbocycles. The van der Waals surface area contributed by atoms with E-state index in [1.165, 1.54) is 17.7 Å². The average Bonchev–Trinajstić information content (AvgIpc) is 2.69. The molecule has 0 aliphatic heterocycles. The van der Waals surface area contributed by atoms with E-state index < -0.39 is 5.82 Å². The first-order valence-electron chi connectivity index (χ1n) is 9.24. The Morgan fingerprint density at radius 3 is 2.31 bits per heavy atom. The van der Waals surface area contributed by atoms with Gasteiger partial charge in [0.05, 0.1) is 12.2 Å². The molecule has 1 aliphatic rings. The van der Waals surface area contributed by atoms with Crippen molar-refractivity contribution in [2.75, 3.05) is 6.67 Å². The van der Waals surface area contributed by atoms with E-state index in [0.29, 0.717) is 18.3 Å². The number of hydrogen-bond donors (Lipinski definition) is 0. The fourth-order valence-electron chi connectivity index (χ4n) is 3.73. The average molecular weight is 351 g/mol. The van der Waals surface area contributed by atoms with Crippen molar-refractivity contribution >= 4 is 0 Å². The second-order valence-electron chi connectivity index (χ2n) is 6.95. The molecule has 0 heterocycles. The number of hydrogen-bond acceptors (Lipinski definition) is 1. The SMILES string of the molecule is N#Cc1ccc(-c2ccc(C3CCC(C=CCCF)CC3)cc2)cc1F. The first-order chi connectivity index (χ1) is 12.7. The van der Waals surface area contributed by atoms with Crippen molar-refractivity contribution < 1.29 is 8.78 Å². The van der Waals surface area contributed by atoms with Crippen LogP contribution in [0.5, 0.6) is 0 Å². The quantitative estimate of drug-likeness (QED) is 0.560. The maximum Gasteiger partial charge on any atom is 0.141 e. The topological polar surface area (TPSA) is 23.8 Å². The van der Waals surface area contributed by atoms with Gasteiger partial charge in [0.1, 0.15) is 11.9 Å². The molecule has 134 valence electrons. The Morgan fingerprint density at radius 1 is 1.00 bits per heavy atom. The van der Waals surface area contributed by atoms with Crippen LogP contribution in [0.15, 0.2) is 54.6 Å². The summed E-state index contributed by atoms with van der Waals surface area (Å²) < 4.78 is 26.0. The van der Waals surface area contributed by atoms with Crippen molar-refractivity contribution in [1.82, 2.24) is 0 Å². The van der Waals surface area contributed by atoms with E-state index in [1.54, 1.807) is 6.07 Å². The molecule has 0 unspecified atom stereocenters. The normalized spacial score (nSPS) is 20.2. The first-order valence-corrected chi connectivity index (χ1v) is 9.24. The van der Waals surface area contributed by atoms with Gasteiger partial charge in [-0.1, -0.05) is 42.5 Å². The molecule has 3 rings (SSSR count). The Balaban J connectivity index is 1.64. The highest BCUT2D eigenvalue weighted by Crippen LogP contribution is 2.37. The van der Waals surface area contributed by atoms with E-state index in [4.69, 9.17) is 5.26 Å². The van der Waals surface area contributed by atoms with Gasteiger partial charge in [0.25, 0.3) is 0 Å². The number of nitriles is 1. The number of rotatable bonds is 5. The lowest BCUT2D eigenvalue weighted by Gasteiger charge is -2.27. The van der Waals surface area contributed by atoms with Gasteiger partial charge in [0.15, 0.2) is 0 Å². The Labute approximate surface area is 154 Å². The summed E-state index contributed by atoms with van der Waals surface area (Å²) in [6.45, 7) is -0.276. The van der Waals surface area contributed by atoms with Crippen LogP contribution in [0.4, 0.5) is 8.78 Å². The molecule has 0 N–H and O–H groups in total. The van der Waals surface area contributed by atoms with Crippen molar-refractivity contribution in [2.24, 2.45) is 5.92 Å². The molecule has 1 aliphatic carbocycles. The number of allylic oxidation sites excluding steroid dienone is 2. The molecule has 1 nitrogen and oxygen atoms in total. The van der Waals surface area contributed by atoms with Crippen LogP contribution in [0.3, 0.4) is 0 Å².